The zero-order valence-corrected chi connectivity index (χ0v) is 11.5. The van der Waals surface area contributed by atoms with Gasteiger partial charge in [-0.25, -0.2) is 13.2 Å². The van der Waals surface area contributed by atoms with Gasteiger partial charge in [0.05, 0.1) is 10.6 Å². The molecule has 1 fully saturated rings. The highest BCUT2D eigenvalue weighted by atomic mass is 32.2. The van der Waals surface area contributed by atoms with Crippen molar-refractivity contribution < 1.29 is 18.3 Å². The molecule has 19 heavy (non-hydrogen) atoms. The van der Waals surface area contributed by atoms with Crippen LogP contribution in [0, 0.1) is 0 Å². The van der Waals surface area contributed by atoms with E-state index < -0.39 is 21.3 Å². The van der Waals surface area contributed by atoms with Crippen molar-refractivity contribution in [3.63, 3.8) is 0 Å². The lowest BCUT2D eigenvalue weighted by atomic mass is 9.76. The van der Waals surface area contributed by atoms with Crippen molar-refractivity contribution in [3.8, 4) is 0 Å². The van der Waals surface area contributed by atoms with Crippen LogP contribution < -0.4 is 5.32 Å². The number of carboxylic acids is 1. The Morgan fingerprint density at radius 3 is 2.26 bits per heavy atom. The van der Waals surface area contributed by atoms with Gasteiger partial charge in [0.2, 0.25) is 0 Å². The molecule has 0 aromatic heterocycles. The molecule has 0 amide bonds. The van der Waals surface area contributed by atoms with Gasteiger partial charge in [0, 0.05) is 5.69 Å². The van der Waals surface area contributed by atoms with E-state index in [9.17, 15) is 18.3 Å². The number of hydrogen-bond donors (Lipinski definition) is 2. The van der Waals surface area contributed by atoms with Crippen LogP contribution in [0.15, 0.2) is 29.2 Å². The maximum absolute atomic E-state index is 11.7. The summed E-state index contributed by atoms with van der Waals surface area (Å²) in [5, 5.41) is 12.2. The molecule has 0 heterocycles. The summed E-state index contributed by atoms with van der Waals surface area (Å²) in [6.45, 7) is 1.59. The van der Waals surface area contributed by atoms with E-state index in [0.29, 0.717) is 18.5 Å². The molecule has 1 aromatic rings. The maximum atomic E-state index is 11.7. The van der Waals surface area contributed by atoms with Crippen molar-refractivity contribution in [1.29, 1.82) is 0 Å². The highest BCUT2D eigenvalue weighted by Crippen LogP contribution is 2.35. The van der Waals surface area contributed by atoms with Gasteiger partial charge in [-0.15, -0.1) is 0 Å². The summed E-state index contributed by atoms with van der Waals surface area (Å²) in [5.41, 5.74) is -0.248. The lowest BCUT2D eigenvalue weighted by molar-refractivity contribution is -0.145. The third kappa shape index (κ3) is 2.58. The number of carbonyl (C=O) groups is 1. The molecule has 0 aliphatic heterocycles. The van der Waals surface area contributed by atoms with Crippen LogP contribution in [-0.2, 0) is 14.6 Å². The number of hydrogen-bond acceptors (Lipinski definition) is 4. The van der Waals surface area contributed by atoms with E-state index in [2.05, 4.69) is 5.32 Å². The van der Waals surface area contributed by atoms with E-state index in [0.717, 1.165) is 6.42 Å². The molecular weight excluding hydrogens is 266 g/mol. The van der Waals surface area contributed by atoms with Crippen molar-refractivity contribution in [2.24, 2.45) is 0 Å². The fourth-order valence-electron chi connectivity index (χ4n) is 2.11. The first kappa shape index (κ1) is 13.9. The fourth-order valence-corrected chi connectivity index (χ4v) is 3.00. The summed E-state index contributed by atoms with van der Waals surface area (Å²) in [7, 11) is -3.21. The third-order valence-electron chi connectivity index (χ3n) is 3.59. The Hall–Kier alpha value is -1.56. The largest absolute Gasteiger partial charge is 0.480 e. The molecule has 1 aromatic carbocycles. The molecule has 0 saturated heterocycles. The van der Waals surface area contributed by atoms with Crippen molar-refractivity contribution in [2.75, 3.05) is 11.1 Å². The van der Waals surface area contributed by atoms with Gasteiger partial charge in [-0.05, 0) is 43.5 Å². The van der Waals surface area contributed by atoms with Gasteiger partial charge in [0.15, 0.2) is 9.84 Å². The van der Waals surface area contributed by atoms with Crippen molar-refractivity contribution >= 4 is 21.5 Å². The highest BCUT2D eigenvalue weighted by Gasteiger charge is 2.44. The number of rotatable bonds is 5. The normalized spacial score (nSPS) is 17.5. The first-order chi connectivity index (χ1) is 8.89. The Labute approximate surface area is 112 Å². The second-order valence-corrected chi connectivity index (χ2v) is 7.07. The third-order valence-corrected chi connectivity index (χ3v) is 5.34. The SMILES string of the molecule is CCS(=O)(=O)c1ccc(NC2(C(=O)O)CCC2)cc1. The maximum Gasteiger partial charge on any atom is 0.329 e. The second kappa shape index (κ2) is 4.85. The summed E-state index contributed by atoms with van der Waals surface area (Å²) in [5.74, 6) is -0.803. The summed E-state index contributed by atoms with van der Waals surface area (Å²) in [6, 6.07) is 6.25. The average Bonchev–Trinajstić information content (AvgIpc) is 2.34. The zero-order valence-electron chi connectivity index (χ0n) is 10.7. The summed E-state index contributed by atoms with van der Waals surface area (Å²) in [4.78, 5) is 11.5. The molecule has 5 nitrogen and oxygen atoms in total. The highest BCUT2D eigenvalue weighted by molar-refractivity contribution is 7.91. The van der Waals surface area contributed by atoms with Crippen molar-refractivity contribution in [2.45, 2.75) is 36.6 Å². The minimum atomic E-state index is -3.21. The molecule has 1 aliphatic rings. The Morgan fingerprint density at radius 2 is 1.89 bits per heavy atom. The minimum Gasteiger partial charge on any atom is -0.480 e. The van der Waals surface area contributed by atoms with Gasteiger partial charge in [-0.3, -0.25) is 0 Å². The van der Waals surface area contributed by atoms with Crippen LogP contribution in [0.25, 0.3) is 0 Å². The van der Waals surface area contributed by atoms with Crippen LogP contribution in [-0.4, -0.2) is 30.8 Å². The Bertz CT molecular complexity index is 573. The van der Waals surface area contributed by atoms with E-state index in [4.69, 9.17) is 0 Å². The summed E-state index contributed by atoms with van der Waals surface area (Å²) >= 11 is 0. The molecule has 104 valence electrons. The van der Waals surface area contributed by atoms with Gasteiger partial charge < -0.3 is 10.4 Å². The molecule has 0 spiro atoms. The number of benzene rings is 1. The average molecular weight is 283 g/mol. The Morgan fingerprint density at radius 1 is 1.32 bits per heavy atom. The van der Waals surface area contributed by atoms with Crippen LogP contribution >= 0.6 is 0 Å². The molecule has 0 atom stereocenters. The second-order valence-electron chi connectivity index (χ2n) is 4.79. The lowest BCUT2D eigenvalue weighted by Crippen LogP contribution is -2.52. The Kier molecular flexibility index (Phi) is 3.54. The zero-order chi connectivity index (χ0) is 14.1. The quantitative estimate of drug-likeness (QED) is 0.862. The number of aliphatic carboxylic acids is 1. The van der Waals surface area contributed by atoms with Gasteiger partial charge in [-0.1, -0.05) is 6.92 Å². The van der Waals surface area contributed by atoms with Crippen LogP contribution in [0.3, 0.4) is 0 Å². The molecular formula is C13H17NO4S. The molecule has 6 heteroatoms. The first-order valence-electron chi connectivity index (χ1n) is 6.24. The number of carboxylic acid groups (broad SMARTS) is 1. The standard InChI is InChI=1S/C13H17NO4S/c1-2-19(17,18)11-6-4-10(5-7-11)14-13(12(15)16)8-3-9-13/h4-7,14H,2-3,8-9H2,1H3,(H,15,16). The predicted octanol–water partition coefficient (Wildman–Crippen LogP) is 1.90. The van der Waals surface area contributed by atoms with Crippen LogP contribution in [0.1, 0.15) is 26.2 Å². The van der Waals surface area contributed by atoms with E-state index in [1.165, 1.54) is 12.1 Å². The number of sulfone groups is 1. The van der Waals surface area contributed by atoms with E-state index >= 15 is 0 Å². The topological polar surface area (TPSA) is 83.5 Å². The number of anilines is 1. The monoisotopic (exact) mass is 283 g/mol. The summed E-state index contributed by atoms with van der Waals surface area (Å²) in [6.07, 6.45) is 2.08. The van der Waals surface area contributed by atoms with Crippen LogP contribution in [0.4, 0.5) is 5.69 Å². The molecule has 0 unspecified atom stereocenters. The molecule has 0 bridgehead atoms. The minimum absolute atomic E-state index is 0.0544. The van der Waals surface area contributed by atoms with Crippen LogP contribution in [0.5, 0.6) is 0 Å². The molecule has 1 saturated carbocycles. The first-order valence-corrected chi connectivity index (χ1v) is 7.89. The van der Waals surface area contributed by atoms with Gasteiger partial charge in [0.25, 0.3) is 0 Å². The van der Waals surface area contributed by atoms with E-state index in [1.807, 2.05) is 0 Å². The van der Waals surface area contributed by atoms with Gasteiger partial charge in [-0.2, -0.15) is 0 Å². The van der Waals surface area contributed by atoms with E-state index in [1.54, 1.807) is 19.1 Å². The summed E-state index contributed by atoms with van der Waals surface area (Å²) < 4.78 is 23.3. The molecule has 2 rings (SSSR count). The van der Waals surface area contributed by atoms with Crippen molar-refractivity contribution in [1.82, 2.24) is 0 Å². The van der Waals surface area contributed by atoms with Gasteiger partial charge in [0.1, 0.15) is 5.54 Å². The predicted molar refractivity (Wildman–Crippen MR) is 72.0 cm³/mol. The van der Waals surface area contributed by atoms with Gasteiger partial charge >= 0.3 is 5.97 Å². The lowest BCUT2D eigenvalue weighted by Gasteiger charge is -2.39. The fraction of sp³-hybridized carbons (Fsp3) is 0.462. The molecule has 0 radical (unpaired) electrons. The number of nitrogens with one attached hydrogen (secondary N) is 1. The molecule has 1 aliphatic carbocycles. The molecule has 2 N–H and O–H groups in total. The van der Waals surface area contributed by atoms with Crippen molar-refractivity contribution in [3.05, 3.63) is 24.3 Å². The van der Waals surface area contributed by atoms with E-state index in [-0.39, 0.29) is 10.6 Å². The smallest absolute Gasteiger partial charge is 0.329 e. The van der Waals surface area contributed by atoms with Crippen LogP contribution in [0.2, 0.25) is 0 Å². The Balaban J connectivity index is 2.18.